The first-order valence-corrected chi connectivity index (χ1v) is 18.6. The second-order valence-corrected chi connectivity index (χ2v) is 13.8. The number of nitrogens with zero attached hydrogens (tertiary/aromatic N) is 12. The standard InChI is InChI=1S/C33H40N16S2/c1-22(11-38-32-40-15-27(50-4)16-41-32)9-35-30-8-6-26(14-37-30)49-21-45-31(47-49)19-51-28-17-42-33(43-18-28)39-12-23(2)10-34-29-7-5-25(13-36-29)48-20-44-24(3)46-48/h5-8,13-18,20-23H,9-12,19H2,1-4H3,(H,34,36)(H,35,37)(H,38,40,41)(H,39,42,43). The van der Waals surface area contributed by atoms with E-state index in [1.807, 2.05) is 62.2 Å². The van der Waals surface area contributed by atoms with E-state index in [0.29, 0.717) is 41.9 Å². The maximum absolute atomic E-state index is 4.62. The number of thioether (sulfide) groups is 2. The van der Waals surface area contributed by atoms with Crippen molar-refractivity contribution in [1.29, 1.82) is 0 Å². The molecule has 6 aromatic heterocycles. The molecule has 0 fully saturated rings. The summed E-state index contributed by atoms with van der Waals surface area (Å²) < 4.78 is 3.43. The van der Waals surface area contributed by atoms with E-state index < -0.39 is 0 Å². The van der Waals surface area contributed by atoms with Gasteiger partial charge in [0, 0.05) is 60.8 Å². The van der Waals surface area contributed by atoms with Crippen LogP contribution in [-0.4, -0.2) is 91.9 Å². The third kappa shape index (κ3) is 10.6. The van der Waals surface area contributed by atoms with Gasteiger partial charge in [-0.3, -0.25) is 0 Å². The van der Waals surface area contributed by atoms with E-state index in [4.69, 9.17) is 0 Å². The van der Waals surface area contributed by atoms with Gasteiger partial charge >= 0.3 is 0 Å². The van der Waals surface area contributed by atoms with Crippen molar-refractivity contribution in [2.24, 2.45) is 11.8 Å². The predicted molar refractivity (Wildman–Crippen MR) is 201 cm³/mol. The molecular formula is C33H40N16S2. The number of aryl methyl sites for hydroxylation is 1. The largest absolute Gasteiger partial charge is 0.370 e. The lowest BCUT2D eigenvalue weighted by molar-refractivity contribution is 0.644. The van der Waals surface area contributed by atoms with Crippen LogP contribution in [0.1, 0.15) is 25.5 Å². The van der Waals surface area contributed by atoms with Crippen LogP contribution < -0.4 is 21.3 Å². The number of anilines is 4. The van der Waals surface area contributed by atoms with E-state index in [0.717, 1.165) is 58.3 Å². The van der Waals surface area contributed by atoms with Crippen LogP contribution in [0.2, 0.25) is 0 Å². The van der Waals surface area contributed by atoms with Gasteiger partial charge in [0.05, 0.1) is 29.5 Å². The molecule has 2 atom stereocenters. The molecule has 264 valence electrons. The van der Waals surface area contributed by atoms with Crippen molar-refractivity contribution >= 4 is 47.1 Å². The Hall–Kier alpha value is -5.36. The number of nitrogens with one attached hydrogen (secondary N) is 4. The van der Waals surface area contributed by atoms with Crippen LogP contribution >= 0.6 is 23.5 Å². The maximum Gasteiger partial charge on any atom is 0.222 e. The van der Waals surface area contributed by atoms with Crippen LogP contribution in [0.15, 0.2) is 83.9 Å². The number of hydrogen-bond donors (Lipinski definition) is 4. The van der Waals surface area contributed by atoms with Gasteiger partial charge < -0.3 is 21.3 Å². The van der Waals surface area contributed by atoms with Crippen LogP contribution in [0.4, 0.5) is 23.5 Å². The molecule has 16 nitrogen and oxygen atoms in total. The average molecular weight is 725 g/mol. The van der Waals surface area contributed by atoms with Gasteiger partial charge in [0.15, 0.2) is 5.82 Å². The van der Waals surface area contributed by atoms with Gasteiger partial charge in [-0.2, -0.15) is 10.2 Å². The first-order valence-electron chi connectivity index (χ1n) is 16.4. The second kappa shape index (κ2) is 17.5. The zero-order chi connectivity index (χ0) is 35.4. The van der Waals surface area contributed by atoms with Crippen LogP contribution in [0.3, 0.4) is 0 Å². The highest BCUT2D eigenvalue weighted by Crippen LogP contribution is 2.21. The summed E-state index contributed by atoms with van der Waals surface area (Å²) in [5, 5.41) is 22.3. The Morgan fingerprint density at radius 1 is 0.588 bits per heavy atom. The topological polar surface area (TPSA) is 187 Å². The Balaban J connectivity index is 0.879. The fourth-order valence-electron chi connectivity index (χ4n) is 4.59. The van der Waals surface area contributed by atoms with Crippen molar-refractivity contribution in [2.45, 2.75) is 36.3 Å². The number of rotatable bonds is 18. The second-order valence-electron chi connectivity index (χ2n) is 11.9. The highest BCUT2D eigenvalue weighted by molar-refractivity contribution is 7.98. The van der Waals surface area contributed by atoms with E-state index in [9.17, 15) is 0 Å². The minimum atomic E-state index is 0.312. The molecular weight excluding hydrogens is 685 g/mol. The zero-order valence-electron chi connectivity index (χ0n) is 28.8. The summed E-state index contributed by atoms with van der Waals surface area (Å²) in [4.78, 5) is 37.3. The maximum atomic E-state index is 4.62. The molecule has 0 aliphatic carbocycles. The van der Waals surface area contributed by atoms with Crippen LogP contribution in [0.25, 0.3) is 11.4 Å². The minimum absolute atomic E-state index is 0.312. The molecule has 0 aliphatic rings. The molecule has 51 heavy (non-hydrogen) atoms. The van der Waals surface area contributed by atoms with Crippen molar-refractivity contribution in [3.63, 3.8) is 0 Å². The Labute approximate surface area is 304 Å². The predicted octanol–water partition coefficient (Wildman–Crippen LogP) is 4.86. The Bertz CT molecular complexity index is 1930. The number of hydrogen-bond acceptors (Lipinski definition) is 16. The quantitative estimate of drug-likeness (QED) is 0.0880. The Morgan fingerprint density at radius 2 is 1.10 bits per heavy atom. The van der Waals surface area contributed by atoms with Gasteiger partial charge in [-0.15, -0.1) is 23.5 Å². The fraction of sp³-hybridized carbons (Fsp3) is 0.333. The molecule has 6 aromatic rings. The van der Waals surface area contributed by atoms with Gasteiger partial charge in [0.2, 0.25) is 11.9 Å². The van der Waals surface area contributed by atoms with Gasteiger partial charge in [-0.1, -0.05) is 13.8 Å². The van der Waals surface area contributed by atoms with Crippen molar-refractivity contribution < 1.29 is 0 Å². The summed E-state index contributed by atoms with van der Waals surface area (Å²) in [7, 11) is 0. The fourth-order valence-corrected chi connectivity index (χ4v) is 5.58. The van der Waals surface area contributed by atoms with Gasteiger partial charge in [0.25, 0.3) is 0 Å². The van der Waals surface area contributed by atoms with E-state index in [1.54, 1.807) is 57.9 Å². The lowest BCUT2D eigenvalue weighted by atomic mass is 10.2. The summed E-state index contributed by atoms with van der Waals surface area (Å²) in [6.07, 6.45) is 16.2. The summed E-state index contributed by atoms with van der Waals surface area (Å²) in [5.74, 6) is 5.48. The third-order valence-electron chi connectivity index (χ3n) is 7.51. The first kappa shape index (κ1) is 35.5. The molecule has 0 spiro atoms. The lowest BCUT2D eigenvalue weighted by Gasteiger charge is -2.14. The summed E-state index contributed by atoms with van der Waals surface area (Å²) in [6, 6.07) is 7.81. The monoisotopic (exact) mass is 724 g/mol. The molecule has 0 saturated carbocycles. The van der Waals surface area contributed by atoms with Crippen molar-refractivity contribution in [1.82, 2.24) is 59.4 Å². The molecule has 2 unspecified atom stereocenters. The summed E-state index contributed by atoms with van der Waals surface area (Å²) >= 11 is 3.20. The van der Waals surface area contributed by atoms with Crippen molar-refractivity contribution in [3.05, 3.63) is 85.7 Å². The van der Waals surface area contributed by atoms with Gasteiger partial charge in [-0.25, -0.2) is 49.2 Å². The normalized spacial score (nSPS) is 12.3. The van der Waals surface area contributed by atoms with E-state index in [-0.39, 0.29) is 0 Å². The van der Waals surface area contributed by atoms with E-state index >= 15 is 0 Å². The highest BCUT2D eigenvalue weighted by Gasteiger charge is 2.09. The zero-order valence-corrected chi connectivity index (χ0v) is 30.4. The first-order chi connectivity index (χ1) is 24.9. The molecule has 0 radical (unpaired) electrons. The summed E-state index contributed by atoms with van der Waals surface area (Å²) in [5.41, 5.74) is 1.70. The third-order valence-corrected chi connectivity index (χ3v) is 9.14. The average Bonchev–Trinajstić information content (AvgIpc) is 3.84. The van der Waals surface area contributed by atoms with Crippen LogP contribution in [-0.2, 0) is 5.75 Å². The van der Waals surface area contributed by atoms with E-state index in [2.05, 4.69) is 85.2 Å². The Kier molecular flexibility index (Phi) is 12.2. The minimum Gasteiger partial charge on any atom is -0.370 e. The molecule has 6 heterocycles. The summed E-state index contributed by atoms with van der Waals surface area (Å²) in [6.45, 7) is 9.12. The number of aromatic nitrogens is 12. The Morgan fingerprint density at radius 3 is 1.59 bits per heavy atom. The van der Waals surface area contributed by atoms with Crippen molar-refractivity contribution in [3.8, 4) is 11.4 Å². The molecule has 0 aromatic carbocycles. The van der Waals surface area contributed by atoms with Crippen LogP contribution in [0.5, 0.6) is 0 Å². The molecule has 0 aliphatic heterocycles. The highest BCUT2D eigenvalue weighted by atomic mass is 32.2. The lowest BCUT2D eigenvalue weighted by Crippen LogP contribution is -2.21. The SMILES string of the molecule is CSc1cnc(NCC(C)CNc2ccc(-n3cnc(CSc4cnc(NCC(C)CNc5ccc(-n6cnc(C)n6)cn5)nc4)n3)cn2)nc1. The molecule has 6 rings (SSSR count). The molecule has 0 amide bonds. The molecule has 0 saturated heterocycles. The molecule has 4 N–H and O–H groups in total. The number of pyridine rings is 2. The molecule has 18 heteroatoms. The van der Waals surface area contributed by atoms with Gasteiger partial charge in [0.1, 0.15) is 30.1 Å². The van der Waals surface area contributed by atoms with E-state index in [1.165, 1.54) is 0 Å². The molecule has 0 bridgehead atoms. The van der Waals surface area contributed by atoms with Gasteiger partial charge in [-0.05, 0) is 49.3 Å². The van der Waals surface area contributed by atoms with Crippen LogP contribution in [0, 0.1) is 18.8 Å². The van der Waals surface area contributed by atoms with Crippen molar-refractivity contribution in [2.75, 3.05) is 53.7 Å². The smallest absolute Gasteiger partial charge is 0.222 e.